The second kappa shape index (κ2) is 6.60. The quantitative estimate of drug-likeness (QED) is 0.724. The first kappa shape index (κ1) is 14.6. The van der Waals surface area contributed by atoms with Gasteiger partial charge in [-0.15, -0.1) is 0 Å². The van der Waals surface area contributed by atoms with Crippen LogP contribution < -0.4 is 0 Å². The van der Waals surface area contributed by atoms with Crippen LogP contribution in [0.5, 0.6) is 0 Å². The predicted octanol–water partition coefficient (Wildman–Crippen LogP) is 2.53. The van der Waals surface area contributed by atoms with Crippen molar-refractivity contribution < 1.29 is 9.53 Å². The highest BCUT2D eigenvalue weighted by atomic mass is 16.5. The fraction of sp³-hybridized carbons (Fsp3) is 0.750. The van der Waals surface area contributed by atoms with Gasteiger partial charge in [-0.2, -0.15) is 5.10 Å². The average molecular weight is 291 g/mol. The lowest BCUT2D eigenvalue weighted by molar-refractivity contribution is -0.144. The van der Waals surface area contributed by atoms with Crippen LogP contribution in [0.4, 0.5) is 0 Å². The Morgan fingerprint density at radius 2 is 2.14 bits per heavy atom. The maximum atomic E-state index is 11.7. The lowest BCUT2D eigenvalue weighted by Gasteiger charge is -2.19. The molecule has 21 heavy (non-hydrogen) atoms. The molecule has 0 atom stereocenters. The van der Waals surface area contributed by atoms with E-state index >= 15 is 0 Å². The number of carbonyl (C=O) groups is 1. The van der Waals surface area contributed by atoms with Crippen LogP contribution in [-0.2, 0) is 16.1 Å². The predicted molar refractivity (Wildman–Crippen MR) is 79.8 cm³/mol. The topological polar surface area (TPSA) is 47.4 Å². The van der Waals surface area contributed by atoms with E-state index < -0.39 is 0 Å². The van der Waals surface area contributed by atoms with E-state index in [1.54, 1.807) is 0 Å². The van der Waals surface area contributed by atoms with E-state index in [9.17, 15) is 4.79 Å². The molecule has 0 saturated heterocycles. The van der Waals surface area contributed by atoms with Crippen molar-refractivity contribution >= 4 is 5.97 Å². The molecule has 1 aromatic rings. The number of esters is 1. The Labute approximate surface area is 126 Å². The van der Waals surface area contributed by atoms with Crippen LogP contribution >= 0.6 is 0 Å². The maximum absolute atomic E-state index is 11.7. The first-order chi connectivity index (χ1) is 10.3. The Morgan fingerprint density at radius 3 is 2.81 bits per heavy atom. The van der Waals surface area contributed by atoms with Crippen molar-refractivity contribution in [3.63, 3.8) is 0 Å². The van der Waals surface area contributed by atoms with Crippen molar-refractivity contribution in [3.8, 4) is 0 Å². The molecule has 0 bridgehead atoms. The number of rotatable bonds is 7. The van der Waals surface area contributed by atoms with Gasteiger partial charge in [0.05, 0.1) is 24.9 Å². The number of hydrogen-bond acceptors (Lipinski definition) is 4. The Hall–Kier alpha value is -1.36. The summed E-state index contributed by atoms with van der Waals surface area (Å²) in [5.41, 5.74) is 1.07. The van der Waals surface area contributed by atoms with Gasteiger partial charge < -0.3 is 4.74 Å². The molecule has 0 radical (unpaired) electrons. The molecule has 5 heteroatoms. The Bertz CT molecular complexity index is 476. The van der Waals surface area contributed by atoms with E-state index in [1.807, 2.05) is 6.92 Å². The Kier molecular flexibility index (Phi) is 4.58. The SMILES string of the molecule is CCOC(=O)CN(Cc1ccn(C2CCCC2)n1)C1CC1. The highest BCUT2D eigenvalue weighted by Gasteiger charge is 2.31. The van der Waals surface area contributed by atoms with E-state index in [0.717, 1.165) is 12.2 Å². The van der Waals surface area contributed by atoms with Crippen LogP contribution in [0.25, 0.3) is 0 Å². The van der Waals surface area contributed by atoms with Gasteiger partial charge in [-0.25, -0.2) is 0 Å². The molecular formula is C16H25N3O2. The standard InChI is InChI=1S/C16H25N3O2/c1-2-21-16(20)12-18(14-7-8-14)11-13-9-10-19(17-13)15-5-3-4-6-15/h9-10,14-15H,2-8,11-12H2,1H3. The molecule has 1 heterocycles. The highest BCUT2D eigenvalue weighted by molar-refractivity contribution is 5.71. The van der Waals surface area contributed by atoms with E-state index in [0.29, 0.717) is 25.2 Å². The minimum atomic E-state index is -0.125. The summed E-state index contributed by atoms with van der Waals surface area (Å²) in [5.74, 6) is -0.125. The third-order valence-corrected chi connectivity index (χ3v) is 4.43. The molecule has 0 aromatic carbocycles. The van der Waals surface area contributed by atoms with Gasteiger partial charge in [0.1, 0.15) is 0 Å². The second-order valence-electron chi connectivity index (χ2n) is 6.17. The van der Waals surface area contributed by atoms with E-state index in [1.165, 1.54) is 38.5 Å². The molecule has 0 unspecified atom stereocenters. The lowest BCUT2D eigenvalue weighted by Crippen LogP contribution is -2.32. The van der Waals surface area contributed by atoms with Crippen molar-refractivity contribution in [3.05, 3.63) is 18.0 Å². The normalized spacial score (nSPS) is 19.3. The molecule has 1 aromatic heterocycles. The van der Waals surface area contributed by atoms with Crippen LogP contribution in [0.15, 0.2) is 12.3 Å². The molecular weight excluding hydrogens is 266 g/mol. The lowest BCUT2D eigenvalue weighted by atomic mass is 10.3. The van der Waals surface area contributed by atoms with Crippen molar-refractivity contribution in [2.45, 2.75) is 64.1 Å². The summed E-state index contributed by atoms with van der Waals surface area (Å²) in [4.78, 5) is 13.9. The number of ether oxygens (including phenoxy) is 1. The van der Waals surface area contributed by atoms with Crippen LogP contribution in [0.2, 0.25) is 0 Å². The van der Waals surface area contributed by atoms with Crippen molar-refractivity contribution in [2.24, 2.45) is 0 Å². The fourth-order valence-electron chi connectivity index (χ4n) is 3.17. The number of hydrogen-bond donors (Lipinski definition) is 0. The molecule has 116 valence electrons. The summed E-state index contributed by atoms with van der Waals surface area (Å²) in [6, 6.07) is 3.21. The third-order valence-electron chi connectivity index (χ3n) is 4.43. The second-order valence-corrected chi connectivity index (χ2v) is 6.17. The molecule has 2 aliphatic rings. The van der Waals surface area contributed by atoms with Gasteiger partial charge in [-0.3, -0.25) is 14.4 Å². The van der Waals surface area contributed by atoms with Crippen LogP contribution in [0.1, 0.15) is 57.2 Å². The van der Waals surface area contributed by atoms with Crippen molar-refractivity contribution in [2.75, 3.05) is 13.2 Å². The first-order valence-corrected chi connectivity index (χ1v) is 8.20. The van der Waals surface area contributed by atoms with Gasteiger partial charge >= 0.3 is 5.97 Å². The highest BCUT2D eigenvalue weighted by Crippen LogP contribution is 2.30. The molecule has 5 nitrogen and oxygen atoms in total. The monoisotopic (exact) mass is 291 g/mol. The van der Waals surface area contributed by atoms with Crippen LogP contribution in [-0.4, -0.2) is 39.8 Å². The van der Waals surface area contributed by atoms with Gasteiger partial charge in [0.15, 0.2) is 0 Å². The summed E-state index contributed by atoms with van der Waals surface area (Å²) in [7, 11) is 0. The minimum absolute atomic E-state index is 0.125. The average Bonchev–Trinajstić information content (AvgIpc) is 2.98. The summed E-state index contributed by atoms with van der Waals surface area (Å²) in [5, 5.41) is 4.72. The molecule has 0 aliphatic heterocycles. The van der Waals surface area contributed by atoms with Crippen LogP contribution in [0.3, 0.4) is 0 Å². The number of aromatic nitrogens is 2. The summed E-state index contributed by atoms with van der Waals surface area (Å²) >= 11 is 0. The molecule has 2 fully saturated rings. The Morgan fingerprint density at radius 1 is 1.38 bits per heavy atom. The van der Waals surface area contributed by atoms with E-state index in [4.69, 9.17) is 9.84 Å². The van der Waals surface area contributed by atoms with Crippen molar-refractivity contribution in [1.29, 1.82) is 0 Å². The summed E-state index contributed by atoms with van der Waals surface area (Å²) in [6.07, 6.45) is 9.59. The van der Waals surface area contributed by atoms with Gasteiger partial charge in [0.25, 0.3) is 0 Å². The molecule has 3 rings (SSSR count). The van der Waals surface area contributed by atoms with Gasteiger partial charge in [-0.05, 0) is 38.7 Å². The van der Waals surface area contributed by atoms with Crippen molar-refractivity contribution in [1.82, 2.24) is 14.7 Å². The molecule has 0 N–H and O–H groups in total. The smallest absolute Gasteiger partial charge is 0.320 e. The molecule has 0 amide bonds. The molecule has 2 aliphatic carbocycles. The maximum Gasteiger partial charge on any atom is 0.320 e. The third kappa shape index (κ3) is 3.84. The number of carbonyl (C=O) groups excluding carboxylic acids is 1. The van der Waals surface area contributed by atoms with Gasteiger partial charge in [0, 0.05) is 18.8 Å². The molecule has 2 saturated carbocycles. The molecule has 0 spiro atoms. The van der Waals surface area contributed by atoms with Crippen LogP contribution in [0, 0.1) is 0 Å². The largest absolute Gasteiger partial charge is 0.465 e. The summed E-state index contributed by atoms with van der Waals surface area (Å²) < 4.78 is 7.19. The van der Waals surface area contributed by atoms with E-state index in [2.05, 4.69) is 21.8 Å². The van der Waals surface area contributed by atoms with E-state index in [-0.39, 0.29) is 5.97 Å². The minimum Gasteiger partial charge on any atom is -0.465 e. The van der Waals surface area contributed by atoms with Gasteiger partial charge in [-0.1, -0.05) is 12.8 Å². The number of nitrogens with zero attached hydrogens (tertiary/aromatic N) is 3. The van der Waals surface area contributed by atoms with Gasteiger partial charge in [0.2, 0.25) is 0 Å². The zero-order valence-corrected chi connectivity index (χ0v) is 12.8. The first-order valence-electron chi connectivity index (χ1n) is 8.20. The zero-order chi connectivity index (χ0) is 14.7. The Balaban J connectivity index is 1.58. The zero-order valence-electron chi connectivity index (χ0n) is 12.8. The fourth-order valence-corrected chi connectivity index (χ4v) is 3.17. The summed E-state index contributed by atoms with van der Waals surface area (Å²) in [6.45, 7) is 3.44.